The maximum absolute atomic E-state index is 10.5. The summed E-state index contributed by atoms with van der Waals surface area (Å²) < 4.78 is 24.5. The van der Waals surface area contributed by atoms with Crippen molar-refractivity contribution in [3.8, 4) is 6.01 Å². The molecule has 4 aromatic carbocycles. The van der Waals surface area contributed by atoms with Crippen LogP contribution in [0.25, 0.3) is 10.8 Å². The number of nitrogens with one attached hydrogen (secondary N) is 1. The number of aliphatic hydroxyl groups is 1. The molecule has 8 nitrogen and oxygen atoms in total. The Kier molecular flexibility index (Phi) is 11.3. The first-order valence-corrected chi connectivity index (χ1v) is 15.9. The van der Waals surface area contributed by atoms with Gasteiger partial charge in [0.1, 0.15) is 12.7 Å². The summed E-state index contributed by atoms with van der Waals surface area (Å²) in [6.45, 7) is 3.33. The molecule has 2 N–H and O–H groups in total. The molecular formula is C38H41N3O5. The molecule has 0 amide bonds. The summed E-state index contributed by atoms with van der Waals surface area (Å²) in [5.74, 6) is 0.00865. The van der Waals surface area contributed by atoms with Gasteiger partial charge < -0.3 is 29.4 Å². The summed E-state index contributed by atoms with van der Waals surface area (Å²) in [7, 11) is 0. The topological polar surface area (TPSA) is 95.0 Å². The van der Waals surface area contributed by atoms with E-state index < -0.39 is 6.10 Å². The van der Waals surface area contributed by atoms with E-state index in [1.54, 1.807) is 0 Å². The zero-order valence-corrected chi connectivity index (χ0v) is 26.0. The fourth-order valence-corrected chi connectivity index (χ4v) is 5.84. The molecule has 0 radical (unpaired) electrons. The quantitative estimate of drug-likeness (QED) is 0.135. The zero-order chi connectivity index (χ0) is 31.4. The standard InChI is InChI=1S/C38H41N3O5/c42-24-36(46-26-29-11-5-2-6-12-29)37-34(22-40-38(41-37)44-20-19-43-25-28-9-3-1-4-10-28)33-17-18-39-23-35(33)45-27-30-15-16-31-13-7-8-14-32(31)21-30/h1-16,21-22,33,35-36,39,42H,17-20,23-27H2. The van der Waals surface area contributed by atoms with Crippen molar-refractivity contribution in [1.29, 1.82) is 0 Å². The van der Waals surface area contributed by atoms with Crippen LogP contribution in [-0.2, 0) is 34.0 Å². The van der Waals surface area contributed by atoms with Gasteiger partial charge in [0.2, 0.25) is 0 Å². The predicted octanol–water partition coefficient (Wildman–Crippen LogP) is 6.14. The second-order valence-corrected chi connectivity index (χ2v) is 11.5. The lowest BCUT2D eigenvalue weighted by Crippen LogP contribution is -2.41. The second-order valence-electron chi connectivity index (χ2n) is 11.5. The lowest BCUT2D eigenvalue weighted by molar-refractivity contribution is -0.00757. The Morgan fingerprint density at radius 2 is 1.52 bits per heavy atom. The molecule has 8 heteroatoms. The first kappa shape index (κ1) is 31.8. The minimum absolute atomic E-state index is 0.00865. The Labute approximate surface area is 270 Å². The van der Waals surface area contributed by atoms with Gasteiger partial charge in [-0.3, -0.25) is 0 Å². The van der Waals surface area contributed by atoms with Crippen LogP contribution in [0.2, 0.25) is 0 Å². The summed E-state index contributed by atoms with van der Waals surface area (Å²) in [4.78, 5) is 9.41. The highest BCUT2D eigenvalue weighted by atomic mass is 16.5. The minimum atomic E-state index is -0.661. The molecule has 6 rings (SSSR count). The number of ether oxygens (including phenoxy) is 4. The maximum atomic E-state index is 10.5. The highest BCUT2D eigenvalue weighted by molar-refractivity contribution is 5.82. The third-order valence-corrected chi connectivity index (χ3v) is 8.26. The van der Waals surface area contributed by atoms with Crippen LogP contribution in [0.15, 0.2) is 109 Å². The summed E-state index contributed by atoms with van der Waals surface area (Å²) in [5, 5.41) is 16.4. The number of rotatable bonds is 15. The van der Waals surface area contributed by atoms with Gasteiger partial charge in [0.25, 0.3) is 0 Å². The monoisotopic (exact) mass is 619 g/mol. The van der Waals surface area contributed by atoms with E-state index in [0.717, 1.165) is 35.2 Å². The van der Waals surface area contributed by atoms with Gasteiger partial charge in [-0.25, -0.2) is 4.98 Å². The van der Waals surface area contributed by atoms with Crippen molar-refractivity contribution in [2.45, 2.75) is 44.4 Å². The Balaban J connectivity index is 1.18. The summed E-state index contributed by atoms with van der Waals surface area (Å²) in [6.07, 6.45) is 1.88. The van der Waals surface area contributed by atoms with Crippen LogP contribution >= 0.6 is 0 Å². The molecule has 1 aliphatic heterocycles. The van der Waals surface area contributed by atoms with Crippen molar-refractivity contribution >= 4 is 10.8 Å². The molecule has 0 bridgehead atoms. The van der Waals surface area contributed by atoms with Crippen LogP contribution < -0.4 is 10.1 Å². The molecule has 3 atom stereocenters. The SMILES string of the molecule is OCC(OCc1ccccc1)c1nc(OCCOCc2ccccc2)ncc1C1CCNCC1OCc1ccc2ccccc2c1. The van der Waals surface area contributed by atoms with Gasteiger partial charge in [-0.05, 0) is 46.5 Å². The van der Waals surface area contributed by atoms with Gasteiger partial charge in [-0.1, -0.05) is 97.1 Å². The zero-order valence-electron chi connectivity index (χ0n) is 26.0. The van der Waals surface area contributed by atoms with Gasteiger partial charge in [0, 0.05) is 24.2 Å². The van der Waals surface area contributed by atoms with Crippen LogP contribution in [0.3, 0.4) is 0 Å². The Bertz CT molecular complexity index is 1650. The van der Waals surface area contributed by atoms with Gasteiger partial charge >= 0.3 is 6.01 Å². The fraction of sp³-hybridized carbons (Fsp3) is 0.316. The molecule has 238 valence electrons. The number of hydrogen-bond donors (Lipinski definition) is 2. The minimum Gasteiger partial charge on any atom is -0.461 e. The molecule has 2 heterocycles. The largest absolute Gasteiger partial charge is 0.461 e. The van der Waals surface area contributed by atoms with Gasteiger partial charge in [-0.2, -0.15) is 4.98 Å². The number of nitrogens with zero attached hydrogens (tertiary/aromatic N) is 2. The van der Waals surface area contributed by atoms with Crippen molar-refractivity contribution in [1.82, 2.24) is 15.3 Å². The highest BCUT2D eigenvalue weighted by Crippen LogP contribution is 2.34. The molecular weight excluding hydrogens is 578 g/mol. The van der Waals surface area contributed by atoms with E-state index in [2.05, 4.69) is 52.8 Å². The molecule has 1 fully saturated rings. The first-order chi connectivity index (χ1) is 22.8. The molecule has 1 aliphatic rings. The molecule has 0 spiro atoms. The van der Waals surface area contributed by atoms with Crippen LogP contribution in [0.4, 0.5) is 0 Å². The van der Waals surface area contributed by atoms with Crippen molar-refractivity contribution in [3.05, 3.63) is 137 Å². The number of piperidine rings is 1. The maximum Gasteiger partial charge on any atom is 0.316 e. The van der Waals surface area contributed by atoms with Crippen LogP contribution in [0.1, 0.15) is 46.4 Å². The smallest absolute Gasteiger partial charge is 0.316 e. The average molecular weight is 620 g/mol. The van der Waals surface area contributed by atoms with Gasteiger partial charge in [-0.15, -0.1) is 0 Å². The molecule has 1 aromatic heterocycles. The summed E-state index contributed by atoms with van der Waals surface area (Å²) in [5.41, 5.74) is 4.77. The highest BCUT2D eigenvalue weighted by Gasteiger charge is 2.32. The fourth-order valence-electron chi connectivity index (χ4n) is 5.84. The van der Waals surface area contributed by atoms with Crippen LogP contribution in [0, 0.1) is 0 Å². The van der Waals surface area contributed by atoms with E-state index in [1.165, 1.54) is 10.8 Å². The third-order valence-electron chi connectivity index (χ3n) is 8.26. The number of fused-ring (bicyclic) bond motifs is 1. The molecule has 3 unspecified atom stereocenters. The molecule has 1 saturated heterocycles. The van der Waals surface area contributed by atoms with Gasteiger partial charge in [0.15, 0.2) is 0 Å². The van der Waals surface area contributed by atoms with Crippen molar-refractivity contribution in [3.63, 3.8) is 0 Å². The second kappa shape index (κ2) is 16.4. The normalized spacial score (nSPS) is 17.2. The number of benzene rings is 4. The van der Waals surface area contributed by atoms with E-state index in [9.17, 15) is 5.11 Å². The van der Waals surface area contributed by atoms with E-state index >= 15 is 0 Å². The Morgan fingerprint density at radius 1 is 0.783 bits per heavy atom. The van der Waals surface area contributed by atoms with Crippen molar-refractivity contribution < 1.29 is 24.1 Å². The number of hydrogen-bond acceptors (Lipinski definition) is 8. The first-order valence-electron chi connectivity index (χ1n) is 15.9. The van der Waals surface area contributed by atoms with Crippen LogP contribution in [0.5, 0.6) is 6.01 Å². The van der Waals surface area contributed by atoms with E-state index in [1.807, 2.05) is 66.9 Å². The van der Waals surface area contributed by atoms with E-state index in [0.29, 0.717) is 45.3 Å². The van der Waals surface area contributed by atoms with Crippen molar-refractivity contribution in [2.24, 2.45) is 0 Å². The average Bonchev–Trinajstić information content (AvgIpc) is 3.12. The van der Waals surface area contributed by atoms with E-state index in [-0.39, 0.29) is 24.6 Å². The summed E-state index contributed by atoms with van der Waals surface area (Å²) in [6, 6.07) is 35.0. The molecule has 5 aromatic rings. The lowest BCUT2D eigenvalue weighted by Gasteiger charge is -2.34. The summed E-state index contributed by atoms with van der Waals surface area (Å²) >= 11 is 0. The number of aliphatic hydroxyl groups excluding tert-OH is 1. The van der Waals surface area contributed by atoms with Crippen LogP contribution in [-0.4, -0.2) is 54.1 Å². The molecule has 0 saturated carbocycles. The molecule has 0 aliphatic carbocycles. The lowest BCUT2D eigenvalue weighted by atomic mass is 9.86. The van der Waals surface area contributed by atoms with E-state index in [4.69, 9.17) is 23.9 Å². The predicted molar refractivity (Wildman–Crippen MR) is 177 cm³/mol. The van der Waals surface area contributed by atoms with Crippen molar-refractivity contribution in [2.75, 3.05) is 32.9 Å². The third kappa shape index (κ3) is 8.54. The Hall–Kier alpha value is -4.18. The Morgan fingerprint density at radius 3 is 2.30 bits per heavy atom. The van der Waals surface area contributed by atoms with Gasteiger partial charge in [0.05, 0.1) is 44.8 Å². The number of aromatic nitrogens is 2. The molecule has 46 heavy (non-hydrogen) atoms.